The number of ether oxygens (including phenoxy) is 1. The largest absolute Gasteiger partial charge is 0.482 e. The van der Waals surface area contributed by atoms with Gasteiger partial charge in [0.05, 0.1) is 10.5 Å². The highest BCUT2D eigenvalue weighted by Gasteiger charge is 2.34. The van der Waals surface area contributed by atoms with Crippen molar-refractivity contribution in [2.45, 2.75) is 0 Å². The average Bonchev–Trinajstić information content (AvgIpc) is 3.01. The van der Waals surface area contributed by atoms with E-state index >= 15 is 0 Å². The van der Waals surface area contributed by atoms with Crippen molar-refractivity contribution in [3.8, 4) is 11.8 Å². The number of para-hydroxylation sites is 1. The Morgan fingerprint density at radius 3 is 2.70 bits per heavy atom. The summed E-state index contributed by atoms with van der Waals surface area (Å²) < 4.78 is 19.1. The van der Waals surface area contributed by atoms with Gasteiger partial charge in [0.2, 0.25) is 0 Å². The Morgan fingerprint density at radius 2 is 1.93 bits per heavy atom. The molecule has 1 saturated heterocycles. The minimum Gasteiger partial charge on any atom is -0.482 e. The summed E-state index contributed by atoms with van der Waals surface area (Å²) in [5, 5.41) is 11.1. The average molecular weight is 425 g/mol. The zero-order valence-electron chi connectivity index (χ0n) is 15.6. The van der Waals surface area contributed by atoms with Crippen LogP contribution in [0.2, 0.25) is 0 Å². The Bertz CT molecular complexity index is 1060. The molecular formula is C21H16FN3O4S. The fourth-order valence-electron chi connectivity index (χ4n) is 2.61. The van der Waals surface area contributed by atoms with Crippen LogP contribution in [0.4, 0.5) is 9.18 Å². The quantitative estimate of drug-likeness (QED) is 0.685. The van der Waals surface area contributed by atoms with E-state index in [1.807, 2.05) is 6.07 Å². The lowest BCUT2D eigenvalue weighted by molar-refractivity contribution is -0.125. The Morgan fingerprint density at radius 1 is 1.20 bits per heavy atom. The Kier molecular flexibility index (Phi) is 6.83. The maximum atomic E-state index is 13.8. The lowest BCUT2D eigenvalue weighted by atomic mass is 10.2. The number of hydrogen-bond donors (Lipinski definition) is 1. The highest BCUT2D eigenvalue weighted by Crippen LogP contribution is 2.32. The van der Waals surface area contributed by atoms with E-state index in [1.165, 1.54) is 24.3 Å². The summed E-state index contributed by atoms with van der Waals surface area (Å²) >= 11 is 0.720. The fraction of sp³-hybridized carbons (Fsp3) is 0.143. The number of carbonyl (C=O) groups is 3. The SMILES string of the molecule is N#Cc1ccccc1OCC(=O)NCCN1C(=O)S/C(=C\c2ccccc2F)C1=O. The smallest absolute Gasteiger partial charge is 0.293 e. The summed E-state index contributed by atoms with van der Waals surface area (Å²) in [7, 11) is 0. The van der Waals surface area contributed by atoms with Gasteiger partial charge in [0.1, 0.15) is 17.6 Å². The number of carbonyl (C=O) groups excluding carboxylic acids is 3. The lowest BCUT2D eigenvalue weighted by Gasteiger charge is -2.13. The Labute approximate surface area is 176 Å². The van der Waals surface area contributed by atoms with Gasteiger partial charge in [0, 0.05) is 18.7 Å². The van der Waals surface area contributed by atoms with Crippen molar-refractivity contribution in [1.29, 1.82) is 5.26 Å². The molecule has 0 aliphatic carbocycles. The van der Waals surface area contributed by atoms with Gasteiger partial charge in [-0.05, 0) is 36.0 Å². The minimum absolute atomic E-state index is 0.0280. The molecule has 1 fully saturated rings. The molecule has 0 radical (unpaired) electrons. The molecule has 0 aromatic heterocycles. The zero-order valence-corrected chi connectivity index (χ0v) is 16.4. The topological polar surface area (TPSA) is 99.5 Å². The molecular weight excluding hydrogens is 409 g/mol. The van der Waals surface area contributed by atoms with Crippen LogP contribution in [-0.4, -0.2) is 41.6 Å². The summed E-state index contributed by atoms with van der Waals surface area (Å²) in [5.41, 5.74) is 0.524. The van der Waals surface area contributed by atoms with Gasteiger partial charge in [0.25, 0.3) is 17.1 Å². The maximum absolute atomic E-state index is 13.8. The summed E-state index contributed by atoms with van der Waals surface area (Å²) in [4.78, 5) is 37.5. The summed E-state index contributed by atoms with van der Waals surface area (Å²) in [6, 6.07) is 14.4. The number of benzene rings is 2. The van der Waals surface area contributed by atoms with Gasteiger partial charge in [-0.2, -0.15) is 5.26 Å². The second kappa shape index (κ2) is 9.71. The van der Waals surface area contributed by atoms with Crippen molar-refractivity contribution in [2.75, 3.05) is 19.7 Å². The van der Waals surface area contributed by atoms with Crippen LogP contribution in [0.5, 0.6) is 5.75 Å². The van der Waals surface area contributed by atoms with Crippen LogP contribution >= 0.6 is 11.8 Å². The Balaban J connectivity index is 1.50. The van der Waals surface area contributed by atoms with Gasteiger partial charge in [-0.25, -0.2) is 4.39 Å². The molecule has 0 bridgehead atoms. The number of rotatable bonds is 7. The third-order valence-corrected chi connectivity index (χ3v) is 5.00. The van der Waals surface area contributed by atoms with E-state index in [-0.39, 0.29) is 30.2 Å². The van der Waals surface area contributed by atoms with Crippen molar-refractivity contribution >= 4 is 34.9 Å². The van der Waals surface area contributed by atoms with Gasteiger partial charge in [-0.3, -0.25) is 19.3 Å². The first-order valence-electron chi connectivity index (χ1n) is 8.88. The molecule has 9 heteroatoms. The number of halogens is 1. The summed E-state index contributed by atoms with van der Waals surface area (Å²) in [6.45, 7) is -0.305. The van der Waals surface area contributed by atoms with Crippen LogP contribution in [0.3, 0.4) is 0 Å². The number of nitriles is 1. The minimum atomic E-state index is -0.540. The number of nitrogens with one attached hydrogen (secondary N) is 1. The van der Waals surface area contributed by atoms with Gasteiger partial charge in [-0.1, -0.05) is 30.3 Å². The van der Waals surface area contributed by atoms with Crippen LogP contribution in [-0.2, 0) is 9.59 Å². The van der Waals surface area contributed by atoms with Crippen LogP contribution in [0.25, 0.3) is 6.08 Å². The number of thioether (sulfide) groups is 1. The second-order valence-corrected chi connectivity index (χ2v) is 7.09. The standard InChI is InChI=1S/C21H16FN3O4S/c22-16-7-3-1-5-14(16)11-18-20(27)25(21(28)30-18)10-9-24-19(26)13-29-17-8-4-2-6-15(17)12-23/h1-8,11H,9-10,13H2,(H,24,26)/b18-11-. The van der Waals surface area contributed by atoms with E-state index in [0.29, 0.717) is 11.3 Å². The zero-order chi connectivity index (χ0) is 21.5. The highest BCUT2D eigenvalue weighted by atomic mass is 32.2. The molecule has 1 aliphatic rings. The molecule has 30 heavy (non-hydrogen) atoms. The third kappa shape index (κ3) is 5.04. The van der Waals surface area contributed by atoms with E-state index in [0.717, 1.165) is 16.7 Å². The fourth-order valence-corrected chi connectivity index (χ4v) is 3.47. The van der Waals surface area contributed by atoms with E-state index in [1.54, 1.807) is 30.3 Å². The van der Waals surface area contributed by atoms with E-state index in [9.17, 15) is 18.8 Å². The van der Waals surface area contributed by atoms with Gasteiger partial charge in [0.15, 0.2) is 6.61 Å². The highest BCUT2D eigenvalue weighted by molar-refractivity contribution is 8.18. The number of imide groups is 1. The van der Waals surface area contributed by atoms with Crippen LogP contribution in [0.15, 0.2) is 53.4 Å². The van der Waals surface area contributed by atoms with Gasteiger partial charge < -0.3 is 10.1 Å². The first kappa shape index (κ1) is 21.1. The molecule has 2 aromatic rings. The summed E-state index contributed by atoms with van der Waals surface area (Å²) in [5.74, 6) is -1.20. The molecule has 1 aliphatic heterocycles. The summed E-state index contributed by atoms with van der Waals surface area (Å²) in [6.07, 6.45) is 1.33. The van der Waals surface area contributed by atoms with Gasteiger partial charge in [-0.15, -0.1) is 0 Å². The third-order valence-electron chi connectivity index (χ3n) is 4.09. The molecule has 152 valence electrons. The molecule has 2 aromatic carbocycles. The van der Waals surface area contributed by atoms with Crippen molar-refractivity contribution in [3.05, 3.63) is 70.4 Å². The van der Waals surface area contributed by atoms with E-state index in [4.69, 9.17) is 10.00 Å². The number of amides is 3. The molecule has 1 heterocycles. The van der Waals surface area contributed by atoms with Crippen LogP contribution in [0, 0.1) is 17.1 Å². The van der Waals surface area contributed by atoms with Crippen LogP contribution < -0.4 is 10.1 Å². The van der Waals surface area contributed by atoms with Gasteiger partial charge >= 0.3 is 0 Å². The van der Waals surface area contributed by atoms with Crippen molar-refractivity contribution < 1.29 is 23.5 Å². The Hall–Kier alpha value is -3.64. The molecule has 0 spiro atoms. The van der Waals surface area contributed by atoms with Crippen molar-refractivity contribution in [3.63, 3.8) is 0 Å². The monoisotopic (exact) mass is 425 g/mol. The first-order valence-corrected chi connectivity index (χ1v) is 9.70. The van der Waals surface area contributed by atoms with Crippen molar-refractivity contribution in [1.82, 2.24) is 10.2 Å². The van der Waals surface area contributed by atoms with Crippen molar-refractivity contribution in [2.24, 2.45) is 0 Å². The number of hydrogen-bond acceptors (Lipinski definition) is 6. The second-order valence-electron chi connectivity index (χ2n) is 6.10. The number of nitrogens with zero attached hydrogens (tertiary/aromatic N) is 2. The predicted molar refractivity (Wildman–Crippen MR) is 109 cm³/mol. The molecule has 7 nitrogen and oxygen atoms in total. The molecule has 1 N–H and O–H groups in total. The molecule has 0 saturated carbocycles. The normalized spacial score (nSPS) is 14.7. The first-order chi connectivity index (χ1) is 14.5. The molecule has 3 rings (SSSR count). The predicted octanol–water partition coefficient (Wildman–Crippen LogP) is 2.93. The molecule has 0 unspecified atom stereocenters. The molecule has 0 atom stereocenters. The lowest BCUT2D eigenvalue weighted by Crippen LogP contribution is -2.38. The van der Waals surface area contributed by atoms with E-state index < -0.39 is 22.9 Å². The van der Waals surface area contributed by atoms with Crippen LogP contribution in [0.1, 0.15) is 11.1 Å². The maximum Gasteiger partial charge on any atom is 0.293 e. The van der Waals surface area contributed by atoms with E-state index in [2.05, 4.69) is 5.32 Å². The molecule has 3 amide bonds.